The van der Waals surface area contributed by atoms with Gasteiger partial charge in [-0.1, -0.05) is 188 Å². The molecule has 0 aliphatic carbocycles. The van der Waals surface area contributed by atoms with Gasteiger partial charge in [0, 0.05) is 5.69 Å². The molecule has 0 spiro atoms. The first-order valence-corrected chi connectivity index (χ1v) is 20.3. The number of allylic oxidation sites excluding steroid dienone is 4. The van der Waals surface area contributed by atoms with Crippen molar-refractivity contribution < 1.29 is 0 Å². The maximum absolute atomic E-state index is 5.12. The maximum atomic E-state index is 5.12. The Morgan fingerprint density at radius 1 is 0.407 bits per heavy atom. The Balaban J connectivity index is 1.20. The van der Waals surface area contributed by atoms with Crippen LogP contribution < -0.4 is 0 Å². The Labute approximate surface area is 345 Å². The summed E-state index contributed by atoms with van der Waals surface area (Å²) in [4.78, 5) is 5.12. The van der Waals surface area contributed by atoms with Gasteiger partial charge in [-0.25, -0.2) is 4.98 Å². The third-order valence-electron chi connectivity index (χ3n) is 11.6. The zero-order valence-electron chi connectivity index (χ0n) is 33.2. The van der Waals surface area contributed by atoms with Crippen LogP contribution in [-0.2, 0) is 0 Å². The third kappa shape index (κ3) is 6.55. The van der Waals surface area contributed by atoms with E-state index in [0.717, 1.165) is 28.1 Å². The monoisotopic (exact) mass is 754 g/mol. The summed E-state index contributed by atoms with van der Waals surface area (Å²) in [5.41, 5.74) is 16.4. The van der Waals surface area contributed by atoms with Crippen molar-refractivity contribution in [1.29, 1.82) is 0 Å². The number of hydrogen-bond donors (Lipinski definition) is 0. The first-order valence-electron chi connectivity index (χ1n) is 20.3. The minimum absolute atomic E-state index is 0.938. The highest BCUT2D eigenvalue weighted by Gasteiger charge is 2.21. The zero-order valence-corrected chi connectivity index (χ0v) is 33.2. The van der Waals surface area contributed by atoms with Gasteiger partial charge in [0.25, 0.3) is 0 Å². The van der Waals surface area contributed by atoms with Gasteiger partial charge in [-0.15, -0.1) is 0 Å². The van der Waals surface area contributed by atoms with Crippen LogP contribution in [0.3, 0.4) is 0 Å². The molecule has 0 saturated carbocycles. The Bertz CT molecular complexity index is 3210. The van der Waals surface area contributed by atoms with Gasteiger partial charge in [-0.05, 0) is 127 Å². The third-order valence-corrected chi connectivity index (χ3v) is 11.6. The van der Waals surface area contributed by atoms with E-state index in [4.69, 9.17) is 4.98 Å². The summed E-state index contributed by atoms with van der Waals surface area (Å²) in [6.07, 6.45) is 4.46. The van der Waals surface area contributed by atoms with Crippen LogP contribution in [0.1, 0.15) is 25.2 Å². The van der Waals surface area contributed by atoms with Crippen molar-refractivity contribution in [1.82, 2.24) is 9.55 Å². The van der Waals surface area contributed by atoms with E-state index < -0.39 is 0 Å². The second kappa shape index (κ2) is 15.4. The number of hydrogen-bond acceptors (Lipinski definition) is 1. The number of benzene rings is 9. The van der Waals surface area contributed by atoms with Crippen LogP contribution in [0.5, 0.6) is 0 Å². The number of para-hydroxylation sites is 3. The summed E-state index contributed by atoms with van der Waals surface area (Å²) < 4.78 is 2.26. The number of imidazole rings is 1. The molecule has 0 atom stereocenters. The fraction of sp³-hybridized carbons (Fsp3) is 0.0351. The molecule has 0 amide bonds. The van der Waals surface area contributed by atoms with Crippen LogP contribution in [0.4, 0.5) is 0 Å². The van der Waals surface area contributed by atoms with Crippen LogP contribution in [0.15, 0.2) is 218 Å². The molecule has 0 saturated heterocycles. The van der Waals surface area contributed by atoms with E-state index in [-0.39, 0.29) is 0 Å². The Kier molecular flexibility index (Phi) is 9.36. The van der Waals surface area contributed by atoms with Crippen LogP contribution in [-0.4, -0.2) is 9.55 Å². The van der Waals surface area contributed by atoms with Crippen molar-refractivity contribution in [2.45, 2.75) is 13.8 Å². The van der Waals surface area contributed by atoms with E-state index in [1.165, 1.54) is 77.2 Å². The number of aromatic nitrogens is 2. The quantitative estimate of drug-likeness (QED) is 0.112. The molecule has 0 unspecified atom stereocenters. The Morgan fingerprint density at radius 2 is 0.864 bits per heavy atom. The van der Waals surface area contributed by atoms with Gasteiger partial charge >= 0.3 is 0 Å². The summed E-state index contributed by atoms with van der Waals surface area (Å²) in [6, 6.07) is 74.2. The van der Waals surface area contributed by atoms with Crippen LogP contribution in [0.25, 0.3) is 93.9 Å². The van der Waals surface area contributed by atoms with Gasteiger partial charge in [0.05, 0.1) is 11.0 Å². The predicted octanol–water partition coefficient (Wildman–Crippen LogP) is 15.5. The smallest absolute Gasteiger partial charge is 0.141 e. The molecule has 10 aromatic rings. The molecule has 10 rings (SSSR count). The second-order valence-corrected chi connectivity index (χ2v) is 15.2. The maximum Gasteiger partial charge on any atom is 0.141 e. The Hall–Kier alpha value is -7.55. The van der Waals surface area contributed by atoms with Crippen LogP contribution >= 0.6 is 0 Å². The molecule has 0 N–H and O–H groups in total. The van der Waals surface area contributed by atoms with Gasteiger partial charge in [-0.2, -0.15) is 0 Å². The molecule has 2 nitrogen and oxygen atoms in total. The van der Waals surface area contributed by atoms with E-state index in [1.807, 2.05) is 0 Å². The summed E-state index contributed by atoms with van der Waals surface area (Å²) >= 11 is 0. The van der Waals surface area contributed by atoms with E-state index >= 15 is 0 Å². The first-order chi connectivity index (χ1) is 29.1. The average Bonchev–Trinajstić information content (AvgIpc) is 3.70. The number of rotatable bonds is 8. The fourth-order valence-corrected chi connectivity index (χ4v) is 8.69. The lowest BCUT2D eigenvalue weighted by Gasteiger charge is -2.22. The van der Waals surface area contributed by atoms with Gasteiger partial charge in [0.1, 0.15) is 5.82 Å². The lowest BCUT2D eigenvalue weighted by Crippen LogP contribution is -1.99. The van der Waals surface area contributed by atoms with Crippen molar-refractivity contribution in [3.05, 3.63) is 230 Å². The van der Waals surface area contributed by atoms with Gasteiger partial charge in [0.2, 0.25) is 0 Å². The molecule has 59 heavy (non-hydrogen) atoms. The van der Waals surface area contributed by atoms with Crippen molar-refractivity contribution in [2.24, 2.45) is 0 Å². The highest BCUT2D eigenvalue weighted by atomic mass is 15.1. The van der Waals surface area contributed by atoms with E-state index in [1.54, 1.807) is 0 Å². The van der Waals surface area contributed by atoms with E-state index in [0.29, 0.717) is 0 Å². The van der Waals surface area contributed by atoms with Gasteiger partial charge < -0.3 is 0 Å². The second-order valence-electron chi connectivity index (χ2n) is 15.2. The molecule has 0 fully saturated rings. The summed E-state index contributed by atoms with van der Waals surface area (Å²) in [6.45, 7) is 4.38. The lowest BCUT2D eigenvalue weighted by molar-refractivity contribution is 1.05. The van der Waals surface area contributed by atoms with E-state index in [9.17, 15) is 0 Å². The summed E-state index contributed by atoms with van der Waals surface area (Å²) in [7, 11) is 0. The molecule has 2 heteroatoms. The fourth-order valence-electron chi connectivity index (χ4n) is 8.69. The van der Waals surface area contributed by atoms with Crippen LogP contribution in [0.2, 0.25) is 0 Å². The SMILES string of the molecule is C/C(=C\C=C(/C)c1nc2ccccc2n1-c1ccccc1)c1ccc2c(-c3ccccc3-c3ccccc3)c3ccccc3c(-c3ccccc3-c3ccccc3)c2c1. The largest absolute Gasteiger partial charge is 0.293 e. The normalized spacial score (nSPS) is 12.1. The topological polar surface area (TPSA) is 17.8 Å². The molecule has 0 radical (unpaired) electrons. The molecule has 0 bridgehead atoms. The molecule has 0 aliphatic rings. The Morgan fingerprint density at radius 3 is 1.47 bits per heavy atom. The highest BCUT2D eigenvalue weighted by molar-refractivity contribution is 6.23. The average molecular weight is 755 g/mol. The highest BCUT2D eigenvalue weighted by Crippen LogP contribution is 2.48. The molecule has 9 aromatic carbocycles. The van der Waals surface area contributed by atoms with Crippen molar-refractivity contribution in [3.8, 4) is 50.2 Å². The molecule has 1 aromatic heterocycles. The number of fused-ring (bicyclic) bond motifs is 3. The van der Waals surface area contributed by atoms with Gasteiger partial charge in [-0.3, -0.25) is 4.57 Å². The van der Waals surface area contributed by atoms with Crippen molar-refractivity contribution in [3.63, 3.8) is 0 Å². The molecular formula is C57H42N2. The number of nitrogens with zero attached hydrogens (tertiary/aromatic N) is 2. The van der Waals surface area contributed by atoms with Crippen molar-refractivity contribution in [2.75, 3.05) is 0 Å². The van der Waals surface area contributed by atoms with Crippen LogP contribution in [0, 0.1) is 0 Å². The lowest BCUT2D eigenvalue weighted by atomic mass is 9.81. The first kappa shape index (κ1) is 35.8. The standard InChI is InChI=1S/C57H42N2/c1-39(34-35-40(2)57-58-53-32-18-19-33-54(53)59(57)44-24-10-5-11-25-44)43-36-37-51-52(38-43)56(48-29-15-13-27-46(48)42-22-8-4-9-23-42)50-31-17-16-30-49(50)55(51)47-28-14-12-26-45(47)41-20-6-3-7-21-41/h3-38H,1-2H3/b39-34+,40-35+. The molecule has 1 heterocycles. The van der Waals surface area contributed by atoms with Crippen molar-refractivity contribution >= 4 is 43.7 Å². The van der Waals surface area contributed by atoms with Gasteiger partial charge in [0.15, 0.2) is 0 Å². The summed E-state index contributed by atoms with van der Waals surface area (Å²) in [5.74, 6) is 0.938. The zero-order chi connectivity index (χ0) is 39.7. The minimum Gasteiger partial charge on any atom is -0.293 e. The predicted molar refractivity (Wildman–Crippen MR) is 252 cm³/mol. The molecular weight excluding hydrogens is 713 g/mol. The summed E-state index contributed by atoms with van der Waals surface area (Å²) in [5, 5.41) is 4.92. The minimum atomic E-state index is 0.938. The molecule has 280 valence electrons. The molecule has 0 aliphatic heterocycles. The van der Waals surface area contributed by atoms with E-state index in [2.05, 4.69) is 237 Å².